The van der Waals surface area contributed by atoms with Crippen molar-refractivity contribution in [3.63, 3.8) is 0 Å². The van der Waals surface area contributed by atoms with Crippen LogP contribution in [0.4, 0.5) is 0 Å². The summed E-state index contributed by atoms with van der Waals surface area (Å²) in [6.45, 7) is 13.4. The third-order valence-electron chi connectivity index (χ3n) is 4.85. The minimum absolute atomic E-state index is 0.0107. The molecule has 0 saturated carbocycles. The molecular formula is C25H32OSi. The monoisotopic (exact) mass is 376 g/mol. The molecule has 0 bridgehead atoms. The molecule has 27 heavy (non-hydrogen) atoms. The van der Waals surface area contributed by atoms with E-state index < -0.39 is 8.32 Å². The van der Waals surface area contributed by atoms with Gasteiger partial charge in [-0.05, 0) is 21.3 Å². The maximum atomic E-state index is 6.80. The van der Waals surface area contributed by atoms with Gasteiger partial charge in [-0.25, -0.2) is 0 Å². The van der Waals surface area contributed by atoms with Gasteiger partial charge in [0.1, 0.15) is 0 Å². The molecule has 0 aromatic heterocycles. The van der Waals surface area contributed by atoms with Gasteiger partial charge >= 0.3 is 0 Å². The highest BCUT2D eigenvalue weighted by Crippen LogP contribution is 2.36. The molecule has 1 nitrogen and oxygen atoms in total. The first-order valence-electron chi connectivity index (χ1n) is 9.62. The Morgan fingerprint density at radius 1 is 0.926 bits per heavy atom. The van der Waals surface area contributed by atoms with E-state index in [9.17, 15) is 0 Å². The lowest BCUT2D eigenvalue weighted by atomic mass is 10.2. The van der Waals surface area contributed by atoms with E-state index in [0.29, 0.717) is 12.5 Å². The summed E-state index contributed by atoms with van der Waals surface area (Å²) in [5.74, 6) is 0.382. The molecule has 0 aliphatic rings. The number of allylic oxidation sites excluding steroid dienone is 4. The van der Waals surface area contributed by atoms with Gasteiger partial charge in [0.05, 0.1) is 6.61 Å². The third-order valence-corrected chi connectivity index (χ3v) is 9.85. The second kappa shape index (κ2) is 9.68. The van der Waals surface area contributed by atoms with Crippen LogP contribution in [0.5, 0.6) is 0 Å². The quantitative estimate of drug-likeness (QED) is 0.336. The van der Waals surface area contributed by atoms with Crippen molar-refractivity contribution in [1.82, 2.24) is 0 Å². The fourth-order valence-corrected chi connectivity index (χ4v) is 7.89. The van der Waals surface area contributed by atoms with E-state index in [1.54, 1.807) is 0 Å². The van der Waals surface area contributed by atoms with Crippen LogP contribution < -0.4 is 10.4 Å². The molecule has 2 heteroatoms. The first-order chi connectivity index (χ1) is 12.9. The molecule has 0 spiro atoms. The zero-order chi connectivity index (χ0) is 19.8. The third kappa shape index (κ3) is 5.18. The van der Waals surface area contributed by atoms with Gasteiger partial charge in [-0.3, -0.25) is 0 Å². The molecule has 0 N–H and O–H groups in total. The van der Waals surface area contributed by atoms with E-state index in [0.717, 1.165) is 0 Å². The summed E-state index contributed by atoms with van der Waals surface area (Å²) >= 11 is 0. The highest BCUT2D eigenvalue weighted by atomic mass is 28.4. The summed E-state index contributed by atoms with van der Waals surface area (Å²) in [5.41, 5.74) is 0. The summed E-state index contributed by atoms with van der Waals surface area (Å²) < 4.78 is 6.80. The van der Waals surface area contributed by atoms with Crippen LogP contribution in [0.2, 0.25) is 5.04 Å². The van der Waals surface area contributed by atoms with Crippen LogP contribution in [0, 0.1) is 5.92 Å². The first-order valence-corrected chi connectivity index (χ1v) is 11.5. The fraction of sp³-hybridized carbons (Fsp3) is 0.280. The van der Waals surface area contributed by atoms with Crippen LogP contribution in [0.25, 0.3) is 0 Å². The van der Waals surface area contributed by atoms with Gasteiger partial charge in [0.25, 0.3) is 8.32 Å². The first kappa shape index (κ1) is 21.1. The van der Waals surface area contributed by atoms with E-state index in [-0.39, 0.29) is 5.04 Å². The van der Waals surface area contributed by atoms with Gasteiger partial charge in [-0.2, -0.15) is 0 Å². The minimum atomic E-state index is -2.43. The zero-order valence-electron chi connectivity index (χ0n) is 17.1. The highest BCUT2D eigenvalue weighted by molar-refractivity contribution is 6.99. The van der Waals surface area contributed by atoms with Crippen molar-refractivity contribution in [2.24, 2.45) is 5.92 Å². The number of rotatable bonds is 8. The van der Waals surface area contributed by atoms with E-state index in [1.165, 1.54) is 10.4 Å². The van der Waals surface area contributed by atoms with Crippen molar-refractivity contribution in [2.45, 2.75) is 32.7 Å². The summed E-state index contributed by atoms with van der Waals surface area (Å²) in [5, 5.41) is 2.64. The van der Waals surface area contributed by atoms with Gasteiger partial charge in [-0.1, -0.05) is 119 Å². The average molecular weight is 377 g/mol. The second-order valence-corrected chi connectivity index (χ2v) is 12.2. The molecule has 0 aliphatic carbocycles. The summed E-state index contributed by atoms with van der Waals surface area (Å²) in [6, 6.07) is 21.5. The Hall–Kier alpha value is -2.16. The predicted molar refractivity (Wildman–Crippen MR) is 121 cm³/mol. The van der Waals surface area contributed by atoms with Gasteiger partial charge < -0.3 is 4.43 Å². The molecule has 1 atom stereocenters. The Bertz CT molecular complexity index is 714. The Morgan fingerprint density at radius 2 is 1.44 bits per heavy atom. The molecule has 0 heterocycles. The molecular weight excluding hydrogens is 344 g/mol. The summed E-state index contributed by atoms with van der Waals surface area (Å²) in [4.78, 5) is 0. The second-order valence-electron chi connectivity index (χ2n) is 7.88. The minimum Gasteiger partial charge on any atom is -0.404 e. The van der Waals surface area contributed by atoms with Crippen molar-refractivity contribution in [2.75, 3.05) is 6.61 Å². The number of hydrogen-bond acceptors (Lipinski definition) is 1. The number of hydrogen-bond donors (Lipinski definition) is 0. The van der Waals surface area contributed by atoms with Crippen LogP contribution in [0.3, 0.4) is 0 Å². The van der Waals surface area contributed by atoms with Gasteiger partial charge in [-0.15, -0.1) is 6.58 Å². The average Bonchev–Trinajstić information content (AvgIpc) is 2.67. The van der Waals surface area contributed by atoms with E-state index in [4.69, 9.17) is 4.43 Å². The van der Waals surface area contributed by atoms with Crippen LogP contribution in [0.1, 0.15) is 27.7 Å². The predicted octanol–water partition coefficient (Wildman–Crippen LogP) is 5.50. The SMILES string of the molecule is C=CC(C)/C=C/C=C/CO[Si](c1ccccc1)(c1ccccc1)C(C)(C)C. The fourth-order valence-electron chi connectivity index (χ4n) is 3.39. The lowest BCUT2D eigenvalue weighted by Gasteiger charge is -2.42. The Balaban J connectivity index is 2.37. The van der Waals surface area contributed by atoms with Crippen LogP contribution in [0.15, 0.2) is 97.6 Å². The van der Waals surface area contributed by atoms with Crippen molar-refractivity contribution < 1.29 is 4.43 Å². The van der Waals surface area contributed by atoms with Crippen molar-refractivity contribution in [3.8, 4) is 0 Å². The van der Waals surface area contributed by atoms with Gasteiger partial charge in [0.15, 0.2) is 0 Å². The molecule has 0 fully saturated rings. The van der Waals surface area contributed by atoms with Gasteiger partial charge in [0.2, 0.25) is 0 Å². The maximum Gasteiger partial charge on any atom is 0.261 e. The molecule has 0 saturated heterocycles. The molecule has 2 rings (SSSR count). The topological polar surface area (TPSA) is 9.23 Å². The standard InChI is InChI=1S/C25H32OSi/c1-6-22(2)16-10-9-15-21-26-27(25(3,4)5,23-17-11-7-12-18-23)24-19-13-8-14-20-24/h6-20,22H,1,21H2,2-5H3/b15-9+,16-10+. The summed E-state index contributed by atoms with van der Waals surface area (Å²) in [7, 11) is -2.43. The Morgan fingerprint density at radius 3 is 1.89 bits per heavy atom. The van der Waals surface area contributed by atoms with E-state index in [1.807, 2.05) is 6.08 Å². The van der Waals surface area contributed by atoms with Crippen molar-refractivity contribution >= 4 is 18.7 Å². The molecule has 0 radical (unpaired) electrons. The maximum absolute atomic E-state index is 6.80. The molecule has 0 amide bonds. The number of benzene rings is 2. The smallest absolute Gasteiger partial charge is 0.261 e. The van der Waals surface area contributed by atoms with E-state index in [2.05, 4.69) is 119 Å². The lowest BCUT2D eigenvalue weighted by molar-refractivity contribution is 0.339. The zero-order valence-corrected chi connectivity index (χ0v) is 18.1. The highest BCUT2D eigenvalue weighted by Gasteiger charge is 2.49. The summed E-state index contributed by atoms with van der Waals surface area (Å²) in [6.07, 6.45) is 10.3. The van der Waals surface area contributed by atoms with Crippen LogP contribution in [-0.4, -0.2) is 14.9 Å². The molecule has 2 aromatic carbocycles. The molecule has 142 valence electrons. The van der Waals surface area contributed by atoms with Crippen LogP contribution in [-0.2, 0) is 4.43 Å². The van der Waals surface area contributed by atoms with Crippen molar-refractivity contribution in [3.05, 3.63) is 97.6 Å². The lowest BCUT2D eigenvalue weighted by Crippen LogP contribution is -2.66. The molecule has 1 unspecified atom stereocenters. The van der Waals surface area contributed by atoms with Gasteiger partial charge in [0, 0.05) is 0 Å². The molecule has 0 aliphatic heterocycles. The Kier molecular flexibility index (Phi) is 7.58. The normalized spacial score (nSPS) is 13.9. The molecule has 2 aromatic rings. The van der Waals surface area contributed by atoms with Crippen LogP contribution >= 0.6 is 0 Å². The van der Waals surface area contributed by atoms with E-state index >= 15 is 0 Å². The largest absolute Gasteiger partial charge is 0.404 e. The van der Waals surface area contributed by atoms with Crippen molar-refractivity contribution in [1.29, 1.82) is 0 Å². The Labute approximate surface area is 166 Å².